The number of carbonyl (C=O) groups is 3. The molecular formula is C37H33BN5O4. The van der Waals surface area contributed by atoms with Crippen molar-refractivity contribution in [2.24, 2.45) is 10.7 Å². The number of benzene rings is 4. The van der Waals surface area contributed by atoms with Crippen LogP contribution in [-0.4, -0.2) is 51.3 Å². The predicted octanol–water partition coefficient (Wildman–Crippen LogP) is 5.94. The summed E-state index contributed by atoms with van der Waals surface area (Å²) >= 11 is 0. The molecule has 0 bridgehead atoms. The topological polar surface area (TPSA) is 151 Å². The molecule has 1 aliphatic heterocycles. The summed E-state index contributed by atoms with van der Waals surface area (Å²) < 4.78 is 4.43. The van der Waals surface area contributed by atoms with Crippen molar-refractivity contribution in [2.45, 2.75) is 13.3 Å². The number of rotatable bonds is 6. The van der Waals surface area contributed by atoms with E-state index in [9.17, 15) is 19.6 Å². The highest BCUT2D eigenvalue weighted by molar-refractivity contribution is 6.21. The number of carbonyl (C=O) groups excluding carboxylic acids is 3. The summed E-state index contributed by atoms with van der Waals surface area (Å²) in [6.07, 6.45) is 1.32. The molecule has 0 unspecified atom stereocenters. The Bertz CT molecular complexity index is 1730. The fourth-order valence-corrected chi connectivity index (χ4v) is 3.82. The molecule has 1 heterocycles. The van der Waals surface area contributed by atoms with E-state index >= 15 is 0 Å². The van der Waals surface area contributed by atoms with Gasteiger partial charge in [0.15, 0.2) is 0 Å². The minimum absolute atomic E-state index is 0. The van der Waals surface area contributed by atoms with Gasteiger partial charge in [0.25, 0.3) is 5.91 Å². The zero-order chi connectivity index (χ0) is 33.6. The van der Waals surface area contributed by atoms with E-state index in [-0.39, 0.29) is 26.4 Å². The van der Waals surface area contributed by atoms with Crippen LogP contribution in [0.5, 0.6) is 0 Å². The van der Waals surface area contributed by atoms with Crippen molar-refractivity contribution in [3.63, 3.8) is 0 Å². The summed E-state index contributed by atoms with van der Waals surface area (Å²) in [5.41, 5.74) is 10.1. The van der Waals surface area contributed by atoms with Gasteiger partial charge in [-0.2, -0.15) is 5.26 Å². The monoisotopic (exact) mass is 622 g/mol. The predicted molar refractivity (Wildman–Crippen MR) is 185 cm³/mol. The third-order valence-corrected chi connectivity index (χ3v) is 5.97. The summed E-state index contributed by atoms with van der Waals surface area (Å²) in [6, 6.07) is 39.4. The van der Waals surface area contributed by atoms with E-state index in [1.165, 1.54) is 0 Å². The number of hydrogen-bond acceptors (Lipinski definition) is 6. The number of ether oxygens (including phenoxy) is 1. The Hall–Kier alpha value is -6.39. The normalized spacial score (nSPS) is 11.0. The third kappa shape index (κ3) is 13.9. The SMILES string of the molecule is N#CC1=C(c2ccccc2)CC(c2ccccc2)=NC1=O.N=C(N)c1ccccc1.O=Cc1ccccc1.[B].[C-]#[N+]CC(=O)OCC. The number of nitrogens with zero attached hydrogens (tertiary/aromatic N) is 3. The van der Waals surface area contributed by atoms with Gasteiger partial charge < -0.3 is 15.3 Å². The van der Waals surface area contributed by atoms with E-state index in [1.54, 1.807) is 19.1 Å². The van der Waals surface area contributed by atoms with Crippen molar-refractivity contribution < 1.29 is 19.1 Å². The quantitative estimate of drug-likeness (QED) is 0.0678. The standard InChI is InChI=1S/C18H12N2O.C7H8N2.C7H6O.C5H7NO2.B/c19-12-16-15(13-7-3-1-4-8-13)11-17(20-18(16)21)14-9-5-2-6-10-14;8-7(9)6-4-2-1-3-5-6;8-6-7-4-2-1-3-5-7;1-3-8-5(7)4-6-2;/h1-10H,11H2;1-5H,(H3,8,9);1-6H;3-4H2,1H3;. The van der Waals surface area contributed by atoms with Gasteiger partial charge in [0.05, 0.1) is 12.3 Å². The lowest BCUT2D eigenvalue weighted by atomic mass is 9.90. The Kier molecular flexibility index (Phi) is 18.2. The highest BCUT2D eigenvalue weighted by atomic mass is 16.5. The number of amidine groups is 1. The number of hydrogen-bond donors (Lipinski definition) is 2. The van der Waals surface area contributed by atoms with Crippen LogP contribution < -0.4 is 5.73 Å². The fraction of sp³-hybridized carbons (Fsp3) is 0.108. The van der Waals surface area contributed by atoms with Gasteiger partial charge in [0.1, 0.15) is 23.8 Å². The van der Waals surface area contributed by atoms with Crippen LogP contribution in [0, 0.1) is 23.3 Å². The van der Waals surface area contributed by atoms with Gasteiger partial charge in [0, 0.05) is 26.0 Å². The van der Waals surface area contributed by atoms with Crippen LogP contribution in [0.3, 0.4) is 0 Å². The second kappa shape index (κ2) is 22.2. The maximum absolute atomic E-state index is 12.1. The van der Waals surface area contributed by atoms with Crippen LogP contribution >= 0.6 is 0 Å². The van der Waals surface area contributed by atoms with Crippen LogP contribution in [0.2, 0.25) is 0 Å². The van der Waals surface area contributed by atoms with Gasteiger partial charge in [-0.3, -0.25) is 15.0 Å². The van der Waals surface area contributed by atoms with Crippen LogP contribution in [0.25, 0.3) is 10.4 Å². The first-order chi connectivity index (χ1) is 22.3. The molecule has 1 amide bonds. The molecule has 5 rings (SSSR count). The van der Waals surface area contributed by atoms with Crippen LogP contribution in [-0.2, 0) is 14.3 Å². The molecular weight excluding hydrogens is 589 g/mol. The summed E-state index contributed by atoms with van der Waals surface area (Å²) in [4.78, 5) is 39.2. The molecule has 4 aromatic rings. The van der Waals surface area contributed by atoms with Crippen molar-refractivity contribution >= 4 is 43.7 Å². The summed E-state index contributed by atoms with van der Waals surface area (Å²) in [5.74, 6) is -0.778. The average Bonchev–Trinajstić information content (AvgIpc) is 3.10. The Labute approximate surface area is 277 Å². The molecule has 0 saturated carbocycles. The van der Waals surface area contributed by atoms with E-state index in [4.69, 9.17) is 17.7 Å². The molecule has 0 aliphatic carbocycles. The van der Waals surface area contributed by atoms with Gasteiger partial charge in [-0.05, 0) is 23.6 Å². The molecule has 9 nitrogen and oxygen atoms in total. The number of aldehydes is 1. The molecule has 0 spiro atoms. The second-order valence-corrected chi connectivity index (χ2v) is 9.17. The average molecular weight is 623 g/mol. The van der Waals surface area contributed by atoms with Crippen molar-refractivity contribution in [3.8, 4) is 6.07 Å². The van der Waals surface area contributed by atoms with Gasteiger partial charge >= 0.3 is 12.5 Å². The van der Waals surface area contributed by atoms with E-state index in [0.717, 1.165) is 34.1 Å². The van der Waals surface area contributed by atoms with Gasteiger partial charge in [0.2, 0.25) is 0 Å². The molecule has 0 atom stereocenters. The van der Waals surface area contributed by atoms with Crippen LogP contribution in [0.4, 0.5) is 0 Å². The molecule has 0 saturated heterocycles. The van der Waals surface area contributed by atoms with Crippen LogP contribution in [0.1, 0.15) is 40.4 Å². The van der Waals surface area contributed by atoms with E-state index in [2.05, 4.69) is 14.6 Å². The zero-order valence-electron chi connectivity index (χ0n) is 25.9. The van der Waals surface area contributed by atoms with E-state index < -0.39 is 11.9 Å². The molecule has 0 aromatic heterocycles. The Morgan fingerprint density at radius 1 is 0.936 bits per heavy atom. The summed E-state index contributed by atoms with van der Waals surface area (Å²) in [5, 5.41) is 16.3. The number of aliphatic imine (C=N–C) groups is 1. The number of dihydropyridines is 1. The van der Waals surface area contributed by atoms with Crippen molar-refractivity contribution in [1.82, 2.24) is 0 Å². The highest BCUT2D eigenvalue weighted by Crippen LogP contribution is 2.28. The summed E-state index contributed by atoms with van der Waals surface area (Å²) in [6.45, 7) is 8.14. The number of nitriles is 1. The molecule has 10 heteroatoms. The van der Waals surface area contributed by atoms with Gasteiger partial charge in [-0.1, -0.05) is 121 Å². The number of allylic oxidation sites excluding steroid dienone is 1. The number of amides is 1. The lowest BCUT2D eigenvalue weighted by Crippen LogP contribution is -2.15. The minimum Gasteiger partial charge on any atom is -0.460 e. The molecule has 3 radical (unpaired) electrons. The second-order valence-electron chi connectivity index (χ2n) is 9.17. The number of nitrogens with one attached hydrogen (secondary N) is 1. The third-order valence-electron chi connectivity index (χ3n) is 5.97. The lowest BCUT2D eigenvalue weighted by molar-refractivity contribution is -0.140. The number of nitrogen functional groups attached to an aromatic ring is 1. The highest BCUT2D eigenvalue weighted by Gasteiger charge is 2.24. The van der Waals surface area contributed by atoms with Gasteiger partial charge in [-0.15, -0.1) is 0 Å². The number of esters is 1. The maximum atomic E-state index is 12.1. The van der Waals surface area contributed by atoms with Gasteiger partial charge in [-0.25, -0.2) is 16.4 Å². The Morgan fingerprint density at radius 3 is 1.83 bits per heavy atom. The minimum atomic E-state index is -0.457. The first-order valence-electron chi connectivity index (χ1n) is 14.1. The molecule has 0 fully saturated rings. The van der Waals surface area contributed by atoms with Crippen molar-refractivity contribution in [3.05, 3.63) is 161 Å². The summed E-state index contributed by atoms with van der Waals surface area (Å²) in [7, 11) is 0. The molecule has 4 aromatic carbocycles. The molecule has 3 N–H and O–H groups in total. The van der Waals surface area contributed by atoms with Crippen LogP contribution in [0.15, 0.2) is 132 Å². The smallest absolute Gasteiger partial charge is 0.387 e. The van der Waals surface area contributed by atoms with E-state index in [1.807, 2.05) is 115 Å². The molecule has 1 aliphatic rings. The molecule has 233 valence electrons. The Balaban J connectivity index is 0.000000354. The van der Waals surface area contributed by atoms with Crippen molar-refractivity contribution in [2.75, 3.05) is 13.2 Å². The molecule has 47 heavy (non-hydrogen) atoms. The van der Waals surface area contributed by atoms with Crippen molar-refractivity contribution in [1.29, 1.82) is 10.7 Å². The largest absolute Gasteiger partial charge is 0.460 e. The first-order valence-corrected chi connectivity index (χ1v) is 14.1. The number of nitrogens with two attached hydrogens (primary N) is 1. The zero-order valence-corrected chi connectivity index (χ0v) is 25.9. The Morgan fingerprint density at radius 2 is 1.43 bits per heavy atom. The fourth-order valence-electron chi connectivity index (χ4n) is 3.82. The van der Waals surface area contributed by atoms with E-state index in [0.29, 0.717) is 18.7 Å². The lowest BCUT2D eigenvalue weighted by Gasteiger charge is -2.16. The maximum Gasteiger partial charge on any atom is 0.387 e. The first kappa shape index (κ1) is 38.6.